The van der Waals surface area contributed by atoms with Crippen LogP contribution in [0.1, 0.15) is 35.2 Å². The quantitative estimate of drug-likeness (QED) is 0.920. The van der Waals surface area contributed by atoms with E-state index in [2.05, 4.69) is 11.2 Å². The summed E-state index contributed by atoms with van der Waals surface area (Å²) in [4.78, 5) is 14.7. The smallest absolute Gasteiger partial charge is 0.254 e. The summed E-state index contributed by atoms with van der Waals surface area (Å²) in [5, 5.41) is 4.22. The van der Waals surface area contributed by atoms with Crippen LogP contribution in [0.25, 0.3) is 11.3 Å². The second-order valence-corrected chi connectivity index (χ2v) is 6.71. The highest BCUT2D eigenvalue weighted by molar-refractivity contribution is 5.99. The van der Waals surface area contributed by atoms with Crippen molar-refractivity contribution in [2.45, 2.75) is 31.8 Å². The number of amides is 1. The molecule has 5 nitrogen and oxygen atoms in total. The van der Waals surface area contributed by atoms with E-state index in [9.17, 15) is 4.79 Å². The second-order valence-electron chi connectivity index (χ2n) is 6.71. The van der Waals surface area contributed by atoms with Gasteiger partial charge in [0.15, 0.2) is 0 Å². The van der Waals surface area contributed by atoms with Crippen LogP contribution in [-0.2, 0) is 13.6 Å². The third-order valence-corrected chi connectivity index (χ3v) is 5.07. The number of aryl methyl sites for hydroxylation is 1. The molecule has 23 heavy (non-hydrogen) atoms. The third kappa shape index (κ3) is 2.55. The number of benzene rings is 1. The zero-order valence-corrected chi connectivity index (χ0v) is 13.4. The molecule has 1 fully saturated rings. The monoisotopic (exact) mass is 310 g/mol. The molecule has 120 valence electrons. The zero-order valence-electron chi connectivity index (χ0n) is 13.4. The van der Waals surface area contributed by atoms with Crippen LogP contribution in [0.5, 0.6) is 0 Å². The summed E-state index contributed by atoms with van der Waals surface area (Å²) in [5.41, 5.74) is 10.0. The summed E-state index contributed by atoms with van der Waals surface area (Å²) in [7, 11) is 1.93. The van der Waals surface area contributed by atoms with Crippen molar-refractivity contribution in [1.29, 1.82) is 0 Å². The van der Waals surface area contributed by atoms with Crippen molar-refractivity contribution >= 4 is 5.91 Å². The molecule has 1 aliphatic carbocycles. The van der Waals surface area contributed by atoms with Gasteiger partial charge in [-0.3, -0.25) is 9.48 Å². The Morgan fingerprint density at radius 2 is 2.17 bits per heavy atom. The van der Waals surface area contributed by atoms with Crippen LogP contribution in [-0.4, -0.2) is 33.2 Å². The van der Waals surface area contributed by atoms with E-state index in [0.717, 1.165) is 34.7 Å². The van der Waals surface area contributed by atoms with Gasteiger partial charge in [-0.15, -0.1) is 0 Å². The van der Waals surface area contributed by atoms with Gasteiger partial charge in [-0.2, -0.15) is 5.10 Å². The maximum absolute atomic E-state index is 12.7. The number of rotatable bonds is 5. The normalized spacial score (nSPS) is 18.3. The highest BCUT2D eigenvalue weighted by atomic mass is 16.2. The Hall–Kier alpha value is -2.14. The highest BCUT2D eigenvalue weighted by Crippen LogP contribution is 2.37. The van der Waals surface area contributed by atoms with Gasteiger partial charge in [-0.25, -0.2) is 0 Å². The molecule has 1 atom stereocenters. The van der Waals surface area contributed by atoms with Gasteiger partial charge in [-0.05, 0) is 36.1 Å². The number of fused-ring (bicyclic) bond motifs is 1. The number of carbonyl (C=O) groups excluding carboxylic acids is 1. The molecule has 4 rings (SSSR count). The summed E-state index contributed by atoms with van der Waals surface area (Å²) >= 11 is 0. The van der Waals surface area contributed by atoms with E-state index in [0.29, 0.717) is 13.1 Å². The lowest BCUT2D eigenvalue weighted by Gasteiger charge is -2.26. The number of carbonyl (C=O) groups is 1. The molecule has 1 amide bonds. The first-order chi connectivity index (χ1) is 11.2. The fraction of sp³-hybridized carbons (Fsp3) is 0.444. The van der Waals surface area contributed by atoms with Gasteiger partial charge in [0, 0.05) is 43.5 Å². The minimum Gasteiger partial charge on any atom is -0.330 e. The van der Waals surface area contributed by atoms with Crippen LogP contribution in [0.15, 0.2) is 30.5 Å². The van der Waals surface area contributed by atoms with Crippen molar-refractivity contribution in [2.75, 3.05) is 6.54 Å². The number of hydrogen-bond donors (Lipinski definition) is 1. The first-order valence-electron chi connectivity index (χ1n) is 8.29. The number of nitrogens with zero attached hydrogens (tertiary/aromatic N) is 3. The first kappa shape index (κ1) is 14.5. The molecule has 0 saturated heterocycles. The average Bonchev–Trinajstić information content (AvgIpc) is 3.19. The summed E-state index contributed by atoms with van der Waals surface area (Å²) in [6.45, 7) is 1.22. The van der Waals surface area contributed by atoms with Crippen LogP contribution in [0.3, 0.4) is 0 Å². The van der Waals surface area contributed by atoms with Crippen molar-refractivity contribution in [3.63, 3.8) is 0 Å². The van der Waals surface area contributed by atoms with Gasteiger partial charge in [0.25, 0.3) is 5.91 Å². The minimum atomic E-state index is 0.132. The Balaban J connectivity index is 1.61. The highest BCUT2D eigenvalue weighted by Gasteiger charge is 2.35. The third-order valence-electron chi connectivity index (χ3n) is 5.07. The SMILES string of the molecule is Cn1nccc1-c1ccc2c(c1)CN(C(CN)CC1CC1)C2=O. The van der Waals surface area contributed by atoms with Crippen LogP contribution in [0.4, 0.5) is 0 Å². The molecule has 2 heterocycles. The van der Waals surface area contributed by atoms with E-state index < -0.39 is 0 Å². The molecule has 1 aromatic heterocycles. The Morgan fingerprint density at radius 1 is 1.35 bits per heavy atom. The molecule has 2 aliphatic rings. The van der Waals surface area contributed by atoms with Crippen molar-refractivity contribution in [3.8, 4) is 11.3 Å². The fourth-order valence-electron chi connectivity index (χ4n) is 3.54. The lowest BCUT2D eigenvalue weighted by molar-refractivity contribution is 0.0695. The molecule has 1 aliphatic heterocycles. The molecule has 2 N–H and O–H groups in total. The van der Waals surface area contributed by atoms with Gasteiger partial charge in [-0.1, -0.05) is 18.9 Å². The number of hydrogen-bond acceptors (Lipinski definition) is 3. The Labute approximate surface area is 136 Å². The molecule has 1 unspecified atom stereocenters. The van der Waals surface area contributed by atoms with Crippen molar-refractivity contribution in [2.24, 2.45) is 18.7 Å². The molecule has 5 heteroatoms. The molecule has 1 aromatic carbocycles. The van der Waals surface area contributed by atoms with E-state index in [1.165, 1.54) is 12.8 Å². The van der Waals surface area contributed by atoms with Crippen LogP contribution >= 0.6 is 0 Å². The van der Waals surface area contributed by atoms with E-state index in [4.69, 9.17) is 5.73 Å². The molecule has 0 radical (unpaired) electrons. The van der Waals surface area contributed by atoms with Gasteiger partial charge in [0.2, 0.25) is 0 Å². The summed E-state index contributed by atoms with van der Waals surface area (Å²) < 4.78 is 1.85. The summed E-state index contributed by atoms with van der Waals surface area (Å²) in [6.07, 6.45) is 5.41. The standard InChI is InChI=1S/C18H22N4O/c1-21-17(6-7-20-21)13-4-5-16-14(9-13)11-22(18(16)23)15(10-19)8-12-2-3-12/h4-7,9,12,15H,2-3,8,10-11,19H2,1H3. The Kier molecular flexibility index (Phi) is 3.45. The van der Waals surface area contributed by atoms with Crippen molar-refractivity contribution < 1.29 is 4.79 Å². The van der Waals surface area contributed by atoms with Gasteiger partial charge < -0.3 is 10.6 Å². The van der Waals surface area contributed by atoms with Gasteiger partial charge >= 0.3 is 0 Å². The molecule has 0 bridgehead atoms. The number of aromatic nitrogens is 2. The molecular weight excluding hydrogens is 288 g/mol. The first-order valence-corrected chi connectivity index (χ1v) is 8.29. The largest absolute Gasteiger partial charge is 0.330 e. The van der Waals surface area contributed by atoms with Gasteiger partial charge in [0.1, 0.15) is 0 Å². The average molecular weight is 310 g/mol. The predicted molar refractivity (Wildman–Crippen MR) is 88.7 cm³/mol. The molecule has 2 aromatic rings. The second kappa shape index (κ2) is 5.49. The Bertz CT molecular complexity index is 747. The molecule has 0 spiro atoms. The van der Waals surface area contributed by atoms with E-state index in [1.54, 1.807) is 6.20 Å². The van der Waals surface area contributed by atoms with Crippen LogP contribution in [0.2, 0.25) is 0 Å². The maximum atomic E-state index is 12.7. The van der Waals surface area contributed by atoms with Gasteiger partial charge in [0.05, 0.1) is 5.69 Å². The predicted octanol–water partition coefficient (Wildman–Crippen LogP) is 2.17. The maximum Gasteiger partial charge on any atom is 0.254 e. The Morgan fingerprint density at radius 3 is 2.83 bits per heavy atom. The molecule has 1 saturated carbocycles. The number of nitrogens with two attached hydrogens (primary N) is 1. The topological polar surface area (TPSA) is 64.2 Å². The van der Waals surface area contributed by atoms with E-state index in [-0.39, 0.29) is 11.9 Å². The van der Waals surface area contributed by atoms with Crippen LogP contribution in [0, 0.1) is 5.92 Å². The molecular formula is C18H22N4O. The van der Waals surface area contributed by atoms with Crippen molar-refractivity contribution in [3.05, 3.63) is 41.6 Å². The van der Waals surface area contributed by atoms with E-state index in [1.807, 2.05) is 34.8 Å². The lowest BCUT2D eigenvalue weighted by Crippen LogP contribution is -2.41. The lowest BCUT2D eigenvalue weighted by atomic mass is 10.0. The van der Waals surface area contributed by atoms with Crippen LogP contribution < -0.4 is 5.73 Å². The minimum absolute atomic E-state index is 0.132. The van der Waals surface area contributed by atoms with E-state index >= 15 is 0 Å². The summed E-state index contributed by atoms with van der Waals surface area (Å²) in [5.74, 6) is 0.901. The zero-order chi connectivity index (χ0) is 16.0. The fourth-order valence-corrected chi connectivity index (χ4v) is 3.54. The van der Waals surface area contributed by atoms with Crippen molar-refractivity contribution in [1.82, 2.24) is 14.7 Å². The summed E-state index contributed by atoms with van der Waals surface area (Å²) in [6, 6.07) is 8.24.